The van der Waals surface area contributed by atoms with Gasteiger partial charge in [0.25, 0.3) is 5.91 Å². The van der Waals surface area contributed by atoms with Gasteiger partial charge in [0.1, 0.15) is 5.75 Å². The Kier molecular flexibility index (Phi) is 6.86. The van der Waals surface area contributed by atoms with Gasteiger partial charge in [0.2, 0.25) is 10.0 Å². The molecule has 2 aromatic carbocycles. The number of hydrogen-bond acceptors (Lipinski definition) is 4. The summed E-state index contributed by atoms with van der Waals surface area (Å²) in [5, 5.41) is 3.10. The number of amides is 1. The van der Waals surface area contributed by atoms with E-state index in [0.29, 0.717) is 18.8 Å². The van der Waals surface area contributed by atoms with E-state index in [2.05, 4.69) is 23.5 Å². The van der Waals surface area contributed by atoms with E-state index in [1.165, 1.54) is 47.5 Å². The summed E-state index contributed by atoms with van der Waals surface area (Å²) >= 11 is 0. The second-order valence-corrected chi connectivity index (χ2v) is 10.6. The van der Waals surface area contributed by atoms with Gasteiger partial charge in [-0.3, -0.25) is 4.79 Å². The fourth-order valence-corrected chi connectivity index (χ4v) is 6.27. The van der Waals surface area contributed by atoms with Crippen LogP contribution >= 0.6 is 0 Å². The standard InChI is InChI=1S/C25H32N2O4S/c1-3-23(20-11-10-18-8-4-5-9-19(18)16-20)26-25(28)22-17-21(12-13-24(22)31-2)32(29,30)27-14-6-7-15-27/h10-13,16-17,23H,3-9,14-15H2,1-2H3,(H,26,28)/t23-/m0/s1. The number of fused-ring (bicyclic) bond motifs is 1. The smallest absolute Gasteiger partial charge is 0.255 e. The van der Waals surface area contributed by atoms with E-state index in [-0.39, 0.29) is 22.4 Å². The van der Waals surface area contributed by atoms with E-state index >= 15 is 0 Å². The summed E-state index contributed by atoms with van der Waals surface area (Å²) < 4.78 is 32.9. The number of carbonyl (C=O) groups excluding carboxylic acids is 1. The molecule has 1 heterocycles. The van der Waals surface area contributed by atoms with E-state index < -0.39 is 10.0 Å². The first-order valence-electron chi connectivity index (χ1n) is 11.5. The third kappa shape index (κ3) is 4.55. The molecule has 4 rings (SSSR count). The van der Waals surface area contributed by atoms with Crippen LogP contribution in [0, 0.1) is 0 Å². The largest absolute Gasteiger partial charge is 0.496 e. The molecule has 2 aromatic rings. The Morgan fingerprint density at radius 3 is 2.44 bits per heavy atom. The van der Waals surface area contributed by atoms with Gasteiger partial charge < -0.3 is 10.1 Å². The third-order valence-electron chi connectivity index (χ3n) is 6.61. The van der Waals surface area contributed by atoms with Crippen molar-refractivity contribution in [2.45, 2.75) is 62.8 Å². The maximum Gasteiger partial charge on any atom is 0.255 e. The first-order chi connectivity index (χ1) is 15.4. The first kappa shape index (κ1) is 22.8. The quantitative estimate of drug-likeness (QED) is 0.676. The van der Waals surface area contributed by atoms with Gasteiger partial charge in [-0.05, 0) is 79.8 Å². The summed E-state index contributed by atoms with van der Waals surface area (Å²) in [5.41, 5.74) is 4.10. The maximum absolute atomic E-state index is 13.3. The lowest BCUT2D eigenvalue weighted by atomic mass is 9.88. The highest BCUT2D eigenvalue weighted by molar-refractivity contribution is 7.89. The number of methoxy groups -OCH3 is 1. The maximum atomic E-state index is 13.3. The van der Waals surface area contributed by atoms with Crippen LogP contribution in [0.4, 0.5) is 0 Å². The zero-order valence-electron chi connectivity index (χ0n) is 18.9. The van der Waals surface area contributed by atoms with Crippen molar-refractivity contribution in [1.29, 1.82) is 0 Å². The average Bonchev–Trinajstić information content (AvgIpc) is 3.37. The number of nitrogens with zero attached hydrogens (tertiary/aromatic N) is 1. The molecule has 32 heavy (non-hydrogen) atoms. The molecule has 0 unspecified atom stereocenters. The van der Waals surface area contributed by atoms with Gasteiger partial charge in [-0.1, -0.05) is 25.1 Å². The minimum Gasteiger partial charge on any atom is -0.496 e. The minimum absolute atomic E-state index is 0.132. The second-order valence-electron chi connectivity index (χ2n) is 8.64. The average molecular weight is 457 g/mol. The molecule has 1 N–H and O–H groups in total. The van der Waals surface area contributed by atoms with Crippen molar-refractivity contribution < 1.29 is 17.9 Å². The van der Waals surface area contributed by atoms with Gasteiger partial charge in [0.05, 0.1) is 23.6 Å². The van der Waals surface area contributed by atoms with Crippen molar-refractivity contribution in [3.8, 4) is 5.75 Å². The van der Waals surface area contributed by atoms with Gasteiger partial charge in [0, 0.05) is 13.1 Å². The van der Waals surface area contributed by atoms with Crippen molar-refractivity contribution in [3.05, 3.63) is 58.7 Å². The number of sulfonamides is 1. The van der Waals surface area contributed by atoms with Crippen LogP contribution < -0.4 is 10.1 Å². The fraction of sp³-hybridized carbons (Fsp3) is 0.480. The molecule has 172 valence electrons. The lowest BCUT2D eigenvalue weighted by Crippen LogP contribution is -2.30. The van der Waals surface area contributed by atoms with Crippen molar-refractivity contribution in [3.63, 3.8) is 0 Å². The van der Waals surface area contributed by atoms with E-state index in [4.69, 9.17) is 4.74 Å². The number of hydrogen-bond donors (Lipinski definition) is 1. The van der Waals surface area contributed by atoms with Crippen molar-refractivity contribution in [1.82, 2.24) is 9.62 Å². The van der Waals surface area contributed by atoms with Crippen LogP contribution in [0.3, 0.4) is 0 Å². The Morgan fingerprint density at radius 2 is 1.75 bits per heavy atom. The molecule has 0 aromatic heterocycles. The van der Waals surface area contributed by atoms with E-state index in [9.17, 15) is 13.2 Å². The molecule has 0 radical (unpaired) electrons. The van der Waals surface area contributed by atoms with Gasteiger partial charge in [-0.25, -0.2) is 8.42 Å². The molecule has 0 bridgehead atoms. The molecule has 7 heteroatoms. The summed E-state index contributed by atoms with van der Waals surface area (Å²) in [6, 6.07) is 10.9. The summed E-state index contributed by atoms with van der Waals surface area (Å²) in [4.78, 5) is 13.4. The fourth-order valence-electron chi connectivity index (χ4n) is 4.73. The molecular weight excluding hydrogens is 424 g/mol. The topological polar surface area (TPSA) is 75.7 Å². The molecule has 1 atom stereocenters. The van der Waals surface area contributed by atoms with Gasteiger partial charge in [-0.2, -0.15) is 4.31 Å². The molecule has 1 aliphatic carbocycles. The summed E-state index contributed by atoms with van der Waals surface area (Å²) in [6.45, 7) is 3.08. The number of ether oxygens (including phenoxy) is 1. The molecule has 6 nitrogen and oxygen atoms in total. The Morgan fingerprint density at radius 1 is 1.03 bits per heavy atom. The van der Waals surface area contributed by atoms with Gasteiger partial charge in [0.15, 0.2) is 0 Å². The molecule has 0 spiro atoms. The third-order valence-corrected chi connectivity index (χ3v) is 8.50. The molecular formula is C25H32N2O4S. The van der Waals surface area contributed by atoms with Gasteiger partial charge >= 0.3 is 0 Å². The molecule has 1 amide bonds. The summed E-state index contributed by atoms with van der Waals surface area (Å²) in [7, 11) is -2.13. The highest BCUT2D eigenvalue weighted by Crippen LogP contribution is 2.29. The van der Waals surface area contributed by atoms with Crippen LogP contribution in [0.15, 0.2) is 41.3 Å². The van der Waals surface area contributed by atoms with E-state index in [1.807, 2.05) is 6.92 Å². The Labute approximate surface area is 191 Å². The van der Waals surface area contributed by atoms with Crippen LogP contribution in [0.5, 0.6) is 5.75 Å². The second kappa shape index (κ2) is 9.63. The highest BCUT2D eigenvalue weighted by Gasteiger charge is 2.29. The molecule has 1 saturated heterocycles. The van der Waals surface area contributed by atoms with Crippen LogP contribution in [0.1, 0.15) is 72.1 Å². The lowest BCUT2D eigenvalue weighted by Gasteiger charge is -2.22. The predicted octanol–water partition coefficient (Wildman–Crippen LogP) is 4.24. The number of carbonyl (C=O) groups is 1. The molecule has 1 fully saturated rings. The SMILES string of the molecule is CC[C@H](NC(=O)c1cc(S(=O)(=O)N2CCCC2)ccc1OC)c1ccc2c(c1)CCCC2. The number of nitrogens with one attached hydrogen (secondary N) is 1. The number of rotatable bonds is 7. The van der Waals surface area contributed by atoms with Crippen molar-refractivity contribution in [2.75, 3.05) is 20.2 Å². The Balaban J connectivity index is 1.60. The molecule has 2 aliphatic rings. The summed E-state index contributed by atoms with van der Waals surface area (Å²) in [5.74, 6) is 0.0352. The van der Waals surface area contributed by atoms with Gasteiger partial charge in [-0.15, -0.1) is 0 Å². The predicted molar refractivity (Wildman–Crippen MR) is 125 cm³/mol. The summed E-state index contributed by atoms with van der Waals surface area (Å²) in [6.07, 6.45) is 7.10. The normalized spacial score (nSPS) is 17.6. The first-order valence-corrected chi connectivity index (χ1v) is 13.0. The number of aryl methyl sites for hydroxylation is 2. The van der Waals surface area contributed by atoms with Crippen LogP contribution in [0.2, 0.25) is 0 Å². The zero-order valence-corrected chi connectivity index (χ0v) is 19.7. The highest BCUT2D eigenvalue weighted by atomic mass is 32.2. The van der Waals surface area contributed by atoms with Crippen LogP contribution in [-0.2, 0) is 22.9 Å². The molecule has 1 aliphatic heterocycles. The monoisotopic (exact) mass is 456 g/mol. The van der Waals surface area contributed by atoms with Crippen molar-refractivity contribution in [2.24, 2.45) is 0 Å². The Bertz CT molecular complexity index is 1090. The molecule has 0 saturated carbocycles. The minimum atomic E-state index is -3.62. The Hall–Kier alpha value is -2.38. The lowest BCUT2D eigenvalue weighted by molar-refractivity contribution is 0.0932. The zero-order chi connectivity index (χ0) is 22.7. The van der Waals surface area contributed by atoms with Crippen LogP contribution in [0.25, 0.3) is 0 Å². The van der Waals surface area contributed by atoms with E-state index in [0.717, 1.165) is 37.7 Å². The van der Waals surface area contributed by atoms with Crippen molar-refractivity contribution >= 4 is 15.9 Å². The van der Waals surface area contributed by atoms with Crippen LogP contribution in [-0.4, -0.2) is 38.8 Å². The number of benzene rings is 2. The van der Waals surface area contributed by atoms with E-state index in [1.54, 1.807) is 6.07 Å².